The summed E-state index contributed by atoms with van der Waals surface area (Å²) in [6.07, 6.45) is 3.58. The molecule has 0 atom stereocenters. The number of nitrogens with two attached hydrogens (primary N) is 1. The molecule has 0 bridgehead atoms. The minimum Gasteiger partial charge on any atom is -0.379 e. The molecular formula is C12H13N3OS. The van der Waals surface area contributed by atoms with Crippen molar-refractivity contribution in [1.82, 2.24) is 4.98 Å². The Bertz CT molecular complexity index is 536. The molecule has 0 saturated heterocycles. The van der Waals surface area contributed by atoms with Crippen molar-refractivity contribution in [2.24, 2.45) is 5.73 Å². The number of pyridine rings is 1. The number of rotatable bonds is 4. The number of aryl methyl sites for hydroxylation is 1. The van der Waals surface area contributed by atoms with Crippen LogP contribution in [0.3, 0.4) is 0 Å². The van der Waals surface area contributed by atoms with E-state index in [4.69, 9.17) is 5.73 Å². The van der Waals surface area contributed by atoms with Crippen molar-refractivity contribution in [3.8, 4) is 0 Å². The average Bonchev–Trinajstić information content (AvgIpc) is 2.75. The SMILES string of the molecule is Cc1cncc(NCc2cc(C(N)=O)cs2)c1. The lowest BCUT2D eigenvalue weighted by Crippen LogP contribution is -2.09. The summed E-state index contributed by atoms with van der Waals surface area (Å²) in [7, 11) is 0. The van der Waals surface area contributed by atoms with Gasteiger partial charge in [-0.1, -0.05) is 0 Å². The Hall–Kier alpha value is -1.88. The van der Waals surface area contributed by atoms with Crippen LogP contribution in [-0.4, -0.2) is 10.9 Å². The molecule has 88 valence electrons. The minimum atomic E-state index is -0.385. The third-order valence-corrected chi connectivity index (χ3v) is 3.22. The van der Waals surface area contributed by atoms with E-state index in [1.807, 2.05) is 25.3 Å². The monoisotopic (exact) mass is 247 g/mol. The van der Waals surface area contributed by atoms with Gasteiger partial charge in [0, 0.05) is 29.2 Å². The number of aromatic nitrogens is 1. The summed E-state index contributed by atoms with van der Waals surface area (Å²) in [5, 5.41) is 5.02. The fourth-order valence-electron chi connectivity index (χ4n) is 1.44. The van der Waals surface area contributed by atoms with Crippen LogP contribution in [0, 0.1) is 6.92 Å². The van der Waals surface area contributed by atoms with Crippen molar-refractivity contribution in [3.05, 3.63) is 45.9 Å². The maximum atomic E-state index is 10.9. The van der Waals surface area contributed by atoms with Gasteiger partial charge in [0.1, 0.15) is 0 Å². The van der Waals surface area contributed by atoms with Crippen LogP contribution >= 0.6 is 11.3 Å². The van der Waals surface area contributed by atoms with Crippen molar-refractivity contribution in [2.75, 3.05) is 5.32 Å². The molecule has 0 aliphatic heterocycles. The number of anilines is 1. The summed E-state index contributed by atoms with van der Waals surface area (Å²) < 4.78 is 0. The van der Waals surface area contributed by atoms with E-state index >= 15 is 0 Å². The molecule has 0 saturated carbocycles. The Labute approximate surface area is 103 Å². The van der Waals surface area contributed by atoms with E-state index < -0.39 is 0 Å². The highest BCUT2D eigenvalue weighted by Gasteiger charge is 2.04. The van der Waals surface area contributed by atoms with Crippen LogP contribution in [0.25, 0.3) is 0 Å². The number of hydrogen-bond acceptors (Lipinski definition) is 4. The Kier molecular flexibility index (Phi) is 3.39. The van der Waals surface area contributed by atoms with E-state index in [1.165, 1.54) is 11.3 Å². The van der Waals surface area contributed by atoms with E-state index in [9.17, 15) is 4.79 Å². The Balaban J connectivity index is 2.00. The highest BCUT2D eigenvalue weighted by atomic mass is 32.1. The standard InChI is InChI=1S/C12H13N3OS/c1-8-2-10(5-14-4-8)15-6-11-3-9(7-17-11)12(13)16/h2-5,7,15H,6H2,1H3,(H2,13,16). The summed E-state index contributed by atoms with van der Waals surface area (Å²) in [6, 6.07) is 3.83. The largest absolute Gasteiger partial charge is 0.379 e. The third-order valence-electron chi connectivity index (χ3n) is 2.28. The predicted octanol–water partition coefficient (Wildman–Crippen LogP) is 2.16. The second-order valence-electron chi connectivity index (χ2n) is 3.77. The minimum absolute atomic E-state index is 0.385. The van der Waals surface area contributed by atoms with Crippen LogP contribution in [0.1, 0.15) is 20.8 Å². The lowest BCUT2D eigenvalue weighted by Gasteiger charge is -2.04. The molecule has 0 fully saturated rings. The summed E-state index contributed by atoms with van der Waals surface area (Å²) >= 11 is 1.52. The first-order valence-electron chi connectivity index (χ1n) is 5.18. The first-order valence-corrected chi connectivity index (χ1v) is 6.06. The van der Waals surface area contributed by atoms with Gasteiger partial charge in [-0.25, -0.2) is 0 Å². The zero-order valence-electron chi connectivity index (χ0n) is 9.43. The van der Waals surface area contributed by atoms with Crippen LogP contribution < -0.4 is 11.1 Å². The first kappa shape index (κ1) is 11.6. The number of primary amides is 1. The molecule has 0 aromatic carbocycles. The molecule has 0 aliphatic carbocycles. The van der Waals surface area contributed by atoms with Gasteiger partial charge in [-0.3, -0.25) is 9.78 Å². The topological polar surface area (TPSA) is 68.0 Å². The highest BCUT2D eigenvalue weighted by molar-refractivity contribution is 7.10. The maximum absolute atomic E-state index is 10.9. The molecule has 1 amide bonds. The molecule has 0 aliphatic rings. The van der Waals surface area contributed by atoms with Crippen molar-refractivity contribution in [3.63, 3.8) is 0 Å². The molecule has 0 spiro atoms. The van der Waals surface area contributed by atoms with Crippen molar-refractivity contribution < 1.29 is 4.79 Å². The van der Waals surface area contributed by atoms with Gasteiger partial charge < -0.3 is 11.1 Å². The van der Waals surface area contributed by atoms with Gasteiger partial charge in [-0.05, 0) is 24.6 Å². The highest BCUT2D eigenvalue weighted by Crippen LogP contribution is 2.16. The van der Waals surface area contributed by atoms with Crippen molar-refractivity contribution in [1.29, 1.82) is 0 Å². The lowest BCUT2D eigenvalue weighted by molar-refractivity contribution is 0.100. The second kappa shape index (κ2) is 4.97. The van der Waals surface area contributed by atoms with Crippen LogP contribution in [0.15, 0.2) is 29.9 Å². The number of carbonyl (C=O) groups is 1. The smallest absolute Gasteiger partial charge is 0.249 e. The molecule has 0 unspecified atom stereocenters. The molecular weight excluding hydrogens is 234 g/mol. The van der Waals surface area contributed by atoms with E-state index in [-0.39, 0.29) is 5.91 Å². The zero-order valence-corrected chi connectivity index (χ0v) is 10.3. The number of thiophene rings is 1. The molecule has 17 heavy (non-hydrogen) atoms. The molecule has 4 nitrogen and oxygen atoms in total. The number of carbonyl (C=O) groups excluding carboxylic acids is 1. The summed E-state index contributed by atoms with van der Waals surface area (Å²) in [4.78, 5) is 16.1. The van der Waals surface area contributed by atoms with Gasteiger partial charge in [0.2, 0.25) is 5.91 Å². The average molecular weight is 247 g/mol. The number of hydrogen-bond donors (Lipinski definition) is 2. The molecule has 2 rings (SSSR count). The van der Waals surface area contributed by atoms with Crippen molar-refractivity contribution in [2.45, 2.75) is 13.5 Å². The summed E-state index contributed by atoms with van der Waals surface area (Å²) in [5.74, 6) is -0.385. The van der Waals surface area contributed by atoms with Gasteiger partial charge >= 0.3 is 0 Å². The second-order valence-corrected chi connectivity index (χ2v) is 4.77. The fourth-order valence-corrected chi connectivity index (χ4v) is 2.26. The Morgan fingerprint density at radius 2 is 2.29 bits per heavy atom. The van der Waals surface area contributed by atoms with Gasteiger partial charge in [-0.2, -0.15) is 0 Å². The van der Waals surface area contributed by atoms with Gasteiger partial charge in [0.05, 0.1) is 11.3 Å². The molecule has 2 heterocycles. The quantitative estimate of drug-likeness (QED) is 0.870. The normalized spacial score (nSPS) is 10.2. The predicted molar refractivity (Wildman–Crippen MR) is 69.1 cm³/mol. The number of nitrogens with one attached hydrogen (secondary N) is 1. The van der Waals surface area contributed by atoms with Gasteiger partial charge in [0.15, 0.2) is 0 Å². The number of amides is 1. The van der Waals surface area contributed by atoms with E-state index in [0.29, 0.717) is 12.1 Å². The summed E-state index contributed by atoms with van der Waals surface area (Å²) in [5.41, 5.74) is 7.84. The van der Waals surface area contributed by atoms with E-state index in [1.54, 1.807) is 11.6 Å². The van der Waals surface area contributed by atoms with Gasteiger partial charge in [-0.15, -0.1) is 11.3 Å². The first-order chi connectivity index (χ1) is 8.15. The number of nitrogens with zero attached hydrogens (tertiary/aromatic N) is 1. The molecule has 5 heteroatoms. The van der Waals surface area contributed by atoms with E-state index in [0.717, 1.165) is 16.1 Å². The van der Waals surface area contributed by atoms with Crippen LogP contribution in [0.4, 0.5) is 5.69 Å². The third kappa shape index (κ3) is 3.04. The lowest BCUT2D eigenvalue weighted by atomic mass is 10.3. The van der Waals surface area contributed by atoms with Gasteiger partial charge in [0.25, 0.3) is 0 Å². The zero-order chi connectivity index (χ0) is 12.3. The molecule has 3 N–H and O–H groups in total. The fraction of sp³-hybridized carbons (Fsp3) is 0.167. The maximum Gasteiger partial charge on any atom is 0.249 e. The molecule has 2 aromatic rings. The van der Waals surface area contributed by atoms with E-state index in [2.05, 4.69) is 10.3 Å². The van der Waals surface area contributed by atoms with Crippen molar-refractivity contribution >= 4 is 22.9 Å². The molecule has 0 radical (unpaired) electrons. The molecule has 2 aromatic heterocycles. The Morgan fingerprint density at radius 1 is 1.47 bits per heavy atom. The van der Waals surface area contributed by atoms with Crippen LogP contribution in [-0.2, 0) is 6.54 Å². The summed E-state index contributed by atoms with van der Waals surface area (Å²) in [6.45, 7) is 2.66. The van der Waals surface area contributed by atoms with Crippen LogP contribution in [0.5, 0.6) is 0 Å². The van der Waals surface area contributed by atoms with Crippen LogP contribution in [0.2, 0.25) is 0 Å². The Morgan fingerprint density at radius 3 is 2.94 bits per heavy atom.